The lowest BCUT2D eigenvalue weighted by Crippen LogP contribution is -2.31. The molecule has 3 N–H and O–H groups in total. The molecule has 0 aliphatic carbocycles. The Bertz CT molecular complexity index is 1380. The van der Waals surface area contributed by atoms with Crippen molar-refractivity contribution in [2.75, 3.05) is 18.0 Å². The van der Waals surface area contributed by atoms with Crippen molar-refractivity contribution < 1.29 is 9.59 Å². The number of aryl methyl sites for hydroxylation is 1. The van der Waals surface area contributed by atoms with Gasteiger partial charge in [-0.05, 0) is 79.3 Å². The summed E-state index contributed by atoms with van der Waals surface area (Å²) in [7, 11) is 0. The van der Waals surface area contributed by atoms with E-state index in [9.17, 15) is 9.59 Å². The number of benzene rings is 3. The number of rotatable bonds is 8. The Morgan fingerprint density at radius 1 is 1.00 bits per heavy atom. The zero-order valence-corrected chi connectivity index (χ0v) is 22.8. The highest BCUT2D eigenvalue weighted by Crippen LogP contribution is 2.29. The molecule has 1 aliphatic rings. The molecule has 0 saturated heterocycles. The molecule has 37 heavy (non-hydrogen) atoms. The predicted octanol–water partition coefficient (Wildman–Crippen LogP) is 6.28. The quantitative estimate of drug-likeness (QED) is 0.320. The van der Waals surface area contributed by atoms with Gasteiger partial charge in [0.15, 0.2) is 0 Å². The Kier molecular flexibility index (Phi) is 8.62. The van der Waals surface area contributed by atoms with E-state index < -0.39 is 5.91 Å². The fraction of sp³-hybridized carbons (Fsp3) is 0.226. The second-order valence-corrected chi connectivity index (χ2v) is 10.3. The highest BCUT2D eigenvalue weighted by Gasteiger charge is 2.19. The third-order valence-electron chi connectivity index (χ3n) is 6.63. The minimum Gasteiger partial charge on any atom is -0.367 e. The van der Waals surface area contributed by atoms with Gasteiger partial charge in [0.2, 0.25) is 5.91 Å². The SMILES string of the molecule is C/C(=C\C=C(/C)c1ccccc1C(N)=O)CN1CCCc2cc(C(=O)NCc3ccccc3Br)ccc21. The van der Waals surface area contributed by atoms with Crippen LogP contribution in [0.2, 0.25) is 0 Å². The predicted molar refractivity (Wildman–Crippen MR) is 155 cm³/mol. The molecule has 3 aromatic carbocycles. The van der Waals surface area contributed by atoms with Crippen LogP contribution in [-0.4, -0.2) is 24.9 Å². The van der Waals surface area contributed by atoms with Gasteiger partial charge in [0.25, 0.3) is 5.91 Å². The third-order valence-corrected chi connectivity index (χ3v) is 7.40. The van der Waals surface area contributed by atoms with Crippen molar-refractivity contribution in [3.05, 3.63) is 117 Å². The summed E-state index contributed by atoms with van der Waals surface area (Å²) in [6, 6.07) is 21.3. The lowest BCUT2D eigenvalue weighted by molar-refractivity contribution is 0.0949. The highest BCUT2D eigenvalue weighted by molar-refractivity contribution is 9.10. The summed E-state index contributed by atoms with van der Waals surface area (Å²) in [6.45, 7) is 6.34. The standard InChI is InChI=1S/C31H32BrN3O2/c1-21(13-14-22(2)26-10-4-5-11-27(26)30(33)36)20-35-17-7-9-23-18-24(15-16-29(23)35)31(37)34-19-25-8-3-6-12-28(25)32/h3-6,8,10-16,18H,7,9,17,19-20H2,1-2H3,(H2,33,36)(H,34,37)/b21-13+,22-14+. The number of hydrogen-bond acceptors (Lipinski definition) is 3. The minimum atomic E-state index is -0.421. The van der Waals surface area contributed by atoms with Crippen LogP contribution in [0.25, 0.3) is 5.57 Å². The normalized spacial score (nSPS) is 13.8. The van der Waals surface area contributed by atoms with Crippen molar-refractivity contribution in [3.63, 3.8) is 0 Å². The number of hydrogen-bond donors (Lipinski definition) is 2. The molecule has 0 radical (unpaired) electrons. The zero-order valence-electron chi connectivity index (χ0n) is 21.3. The molecule has 0 spiro atoms. The number of halogens is 1. The zero-order chi connectivity index (χ0) is 26.4. The summed E-state index contributed by atoms with van der Waals surface area (Å²) in [6.07, 6.45) is 6.15. The van der Waals surface area contributed by atoms with Crippen LogP contribution in [0.3, 0.4) is 0 Å². The first-order valence-corrected chi connectivity index (χ1v) is 13.3. The van der Waals surface area contributed by atoms with Crippen molar-refractivity contribution in [1.29, 1.82) is 0 Å². The van der Waals surface area contributed by atoms with Gasteiger partial charge in [0.1, 0.15) is 0 Å². The Morgan fingerprint density at radius 3 is 2.49 bits per heavy atom. The Balaban J connectivity index is 1.44. The average molecular weight is 559 g/mol. The lowest BCUT2D eigenvalue weighted by Gasteiger charge is -2.32. The molecule has 0 bridgehead atoms. The Morgan fingerprint density at radius 2 is 1.73 bits per heavy atom. The van der Waals surface area contributed by atoms with Crippen LogP contribution in [-0.2, 0) is 13.0 Å². The van der Waals surface area contributed by atoms with Crippen LogP contribution in [0.4, 0.5) is 5.69 Å². The van der Waals surface area contributed by atoms with Crippen LogP contribution in [0, 0.1) is 0 Å². The molecule has 0 saturated carbocycles. The molecule has 190 valence electrons. The highest BCUT2D eigenvalue weighted by atomic mass is 79.9. The number of nitrogens with one attached hydrogen (secondary N) is 1. The fourth-order valence-electron chi connectivity index (χ4n) is 4.65. The molecule has 3 aromatic rings. The van der Waals surface area contributed by atoms with Crippen LogP contribution in [0.15, 0.2) is 88.9 Å². The summed E-state index contributed by atoms with van der Waals surface area (Å²) in [4.78, 5) is 27.0. The molecular formula is C31H32BrN3O2. The molecule has 5 nitrogen and oxygen atoms in total. The van der Waals surface area contributed by atoms with E-state index in [1.807, 2.05) is 67.6 Å². The first kappa shape index (κ1) is 26.4. The van der Waals surface area contributed by atoms with Crippen molar-refractivity contribution in [1.82, 2.24) is 5.32 Å². The van der Waals surface area contributed by atoms with Gasteiger partial charge in [0, 0.05) is 40.9 Å². The van der Waals surface area contributed by atoms with E-state index in [2.05, 4.69) is 45.2 Å². The number of primary amides is 1. The number of fused-ring (bicyclic) bond motifs is 1. The van der Waals surface area contributed by atoms with Crippen LogP contribution in [0.5, 0.6) is 0 Å². The van der Waals surface area contributed by atoms with E-state index >= 15 is 0 Å². The molecule has 0 aromatic heterocycles. The molecule has 0 fully saturated rings. The summed E-state index contributed by atoms with van der Waals surface area (Å²) in [5.41, 5.74) is 13.2. The molecule has 6 heteroatoms. The fourth-order valence-corrected chi connectivity index (χ4v) is 5.08. The van der Waals surface area contributed by atoms with Gasteiger partial charge >= 0.3 is 0 Å². The Labute approximate surface area is 227 Å². The third kappa shape index (κ3) is 6.57. The van der Waals surface area contributed by atoms with Gasteiger partial charge in [-0.3, -0.25) is 9.59 Å². The monoisotopic (exact) mass is 557 g/mol. The van der Waals surface area contributed by atoms with Crippen molar-refractivity contribution in [2.24, 2.45) is 5.73 Å². The number of carbonyl (C=O) groups excluding carboxylic acids is 2. The molecule has 2 amide bonds. The molecule has 1 aliphatic heterocycles. The van der Waals surface area contributed by atoms with Crippen molar-refractivity contribution >= 4 is 39.0 Å². The van der Waals surface area contributed by atoms with Crippen LogP contribution < -0.4 is 16.0 Å². The minimum absolute atomic E-state index is 0.0661. The molecule has 0 atom stereocenters. The smallest absolute Gasteiger partial charge is 0.251 e. The van der Waals surface area contributed by atoms with Gasteiger partial charge in [-0.1, -0.05) is 70.1 Å². The second-order valence-electron chi connectivity index (χ2n) is 9.42. The maximum atomic E-state index is 12.8. The summed E-state index contributed by atoms with van der Waals surface area (Å²) < 4.78 is 0.988. The van der Waals surface area contributed by atoms with E-state index in [0.717, 1.165) is 47.1 Å². The van der Waals surface area contributed by atoms with Gasteiger partial charge in [0.05, 0.1) is 0 Å². The average Bonchev–Trinajstić information content (AvgIpc) is 2.91. The number of carbonyl (C=O) groups is 2. The first-order chi connectivity index (χ1) is 17.8. The number of nitrogens with zero attached hydrogens (tertiary/aromatic N) is 1. The number of anilines is 1. The number of allylic oxidation sites excluding steroid dienone is 3. The van der Waals surface area contributed by atoms with Gasteiger partial charge in [-0.25, -0.2) is 0 Å². The van der Waals surface area contributed by atoms with E-state index in [1.54, 1.807) is 6.07 Å². The Hall–Kier alpha value is -3.64. The maximum absolute atomic E-state index is 12.8. The van der Waals surface area contributed by atoms with E-state index in [4.69, 9.17) is 5.73 Å². The lowest BCUT2D eigenvalue weighted by atomic mass is 9.98. The molecule has 1 heterocycles. The largest absolute Gasteiger partial charge is 0.367 e. The second kappa shape index (κ2) is 12.1. The number of nitrogens with two attached hydrogens (primary N) is 1. The summed E-state index contributed by atoms with van der Waals surface area (Å²) in [5.74, 6) is -0.487. The van der Waals surface area contributed by atoms with Crippen molar-refractivity contribution in [2.45, 2.75) is 33.2 Å². The maximum Gasteiger partial charge on any atom is 0.251 e. The number of amides is 2. The molecule has 4 rings (SSSR count). The van der Waals surface area contributed by atoms with Crippen LogP contribution >= 0.6 is 15.9 Å². The van der Waals surface area contributed by atoms with Crippen molar-refractivity contribution in [3.8, 4) is 0 Å². The van der Waals surface area contributed by atoms with Crippen LogP contribution in [0.1, 0.15) is 57.7 Å². The summed E-state index contributed by atoms with van der Waals surface area (Å²) in [5, 5.41) is 3.03. The van der Waals surface area contributed by atoms with Gasteiger partial charge < -0.3 is 16.0 Å². The first-order valence-electron chi connectivity index (χ1n) is 12.5. The summed E-state index contributed by atoms with van der Waals surface area (Å²) >= 11 is 3.53. The van der Waals surface area contributed by atoms with E-state index in [1.165, 1.54) is 16.8 Å². The topological polar surface area (TPSA) is 75.4 Å². The van der Waals surface area contributed by atoms with E-state index in [0.29, 0.717) is 17.7 Å². The van der Waals surface area contributed by atoms with Gasteiger partial charge in [-0.15, -0.1) is 0 Å². The molecular weight excluding hydrogens is 526 g/mol. The van der Waals surface area contributed by atoms with Gasteiger partial charge in [-0.2, -0.15) is 0 Å². The van der Waals surface area contributed by atoms with E-state index in [-0.39, 0.29) is 5.91 Å². The molecule has 0 unspecified atom stereocenters.